The number of halogens is 1. The molecule has 1 aromatic heterocycles. The van der Waals surface area contributed by atoms with Crippen LogP contribution in [0, 0.1) is 0 Å². The lowest BCUT2D eigenvalue weighted by molar-refractivity contribution is 0.191. The third-order valence-electron chi connectivity index (χ3n) is 2.39. The first-order chi connectivity index (χ1) is 6.70. The Kier molecular flexibility index (Phi) is 2.50. The molecule has 0 bridgehead atoms. The Morgan fingerprint density at radius 1 is 1.64 bits per heavy atom. The number of nitrogens with zero attached hydrogens (tertiary/aromatic N) is 1. The number of hydrogen-bond acceptors (Lipinski definition) is 3. The molecule has 0 amide bonds. The molecule has 1 aliphatic rings. The quantitative estimate of drug-likeness (QED) is 0.727. The van der Waals surface area contributed by atoms with E-state index in [0.29, 0.717) is 5.15 Å². The average molecular weight is 213 g/mol. The van der Waals surface area contributed by atoms with Gasteiger partial charge in [0.1, 0.15) is 5.15 Å². The van der Waals surface area contributed by atoms with E-state index in [1.165, 1.54) is 0 Å². The predicted molar refractivity (Wildman–Crippen MR) is 57.2 cm³/mol. The standard InChI is InChI=1S/C10H13ClN2O/c1-6-3-4-7-10(14-6)8(12-2)5-9(11)13-7/h5-6H,3-4H2,1-2H3,(H,12,13)/t6-/m0/s1. The third-order valence-corrected chi connectivity index (χ3v) is 2.58. The monoisotopic (exact) mass is 212 g/mol. The molecule has 0 spiro atoms. The molecule has 0 saturated carbocycles. The van der Waals surface area contributed by atoms with Gasteiger partial charge in [0, 0.05) is 13.1 Å². The Labute approximate surface area is 88.4 Å². The van der Waals surface area contributed by atoms with Crippen molar-refractivity contribution in [3.05, 3.63) is 16.9 Å². The molecular formula is C10H13ClN2O. The smallest absolute Gasteiger partial charge is 0.164 e. The van der Waals surface area contributed by atoms with Crippen LogP contribution in [0.1, 0.15) is 19.0 Å². The minimum atomic E-state index is 0.262. The van der Waals surface area contributed by atoms with Crippen molar-refractivity contribution in [2.45, 2.75) is 25.9 Å². The molecule has 0 aromatic carbocycles. The van der Waals surface area contributed by atoms with Crippen LogP contribution in [0.15, 0.2) is 6.07 Å². The molecule has 14 heavy (non-hydrogen) atoms. The molecule has 4 heteroatoms. The molecule has 0 aliphatic carbocycles. The molecular weight excluding hydrogens is 200 g/mol. The lowest BCUT2D eigenvalue weighted by Gasteiger charge is -2.24. The molecule has 0 fully saturated rings. The van der Waals surface area contributed by atoms with Crippen LogP contribution in [0.4, 0.5) is 5.69 Å². The number of pyridine rings is 1. The maximum atomic E-state index is 5.89. The minimum absolute atomic E-state index is 0.262. The van der Waals surface area contributed by atoms with Gasteiger partial charge in [0.05, 0.1) is 17.5 Å². The number of aromatic nitrogens is 1. The number of hydrogen-bond donors (Lipinski definition) is 1. The summed E-state index contributed by atoms with van der Waals surface area (Å²) in [4.78, 5) is 4.26. The molecule has 1 atom stereocenters. The fraction of sp³-hybridized carbons (Fsp3) is 0.500. The highest BCUT2D eigenvalue weighted by Gasteiger charge is 2.20. The molecule has 1 aromatic rings. The minimum Gasteiger partial charge on any atom is -0.487 e. The van der Waals surface area contributed by atoms with E-state index in [1.807, 2.05) is 7.05 Å². The molecule has 0 saturated heterocycles. The van der Waals surface area contributed by atoms with E-state index < -0.39 is 0 Å². The van der Waals surface area contributed by atoms with E-state index in [9.17, 15) is 0 Å². The zero-order chi connectivity index (χ0) is 10.1. The molecule has 1 N–H and O–H groups in total. The third kappa shape index (κ3) is 1.64. The van der Waals surface area contributed by atoms with Crippen molar-refractivity contribution in [3.8, 4) is 5.75 Å². The Hall–Kier alpha value is -0.960. The Morgan fingerprint density at radius 3 is 3.14 bits per heavy atom. The van der Waals surface area contributed by atoms with Crippen molar-refractivity contribution in [3.63, 3.8) is 0 Å². The first-order valence-electron chi connectivity index (χ1n) is 4.74. The fourth-order valence-corrected chi connectivity index (χ4v) is 1.85. The zero-order valence-electron chi connectivity index (χ0n) is 8.30. The van der Waals surface area contributed by atoms with Gasteiger partial charge in [-0.1, -0.05) is 11.6 Å². The van der Waals surface area contributed by atoms with E-state index in [0.717, 1.165) is 30.0 Å². The van der Waals surface area contributed by atoms with Gasteiger partial charge < -0.3 is 10.1 Å². The summed E-state index contributed by atoms with van der Waals surface area (Å²) in [5.74, 6) is 0.857. The first-order valence-corrected chi connectivity index (χ1v) is 5.12. The maximum Gasteiger partial charge on any atom is 0.164 e. The van der Waals surface area contributed by atoms with E-state index in [2.05, 4.69) is 17.2 Å². The van der Waals surface area contributed by atoms with E-state index in [1.54, 1.807) is 6.07 Å². The van der Waals surface area contributed by atoms with Crippen LogP contribution in [0.3, 0.4) is 0 Å². The molecule has 76 valence electrons. The fourth-order valence-electron chi connectivity index (χ4n) is 1.64. The highest BCUT2D eigenvalue weighted by atomic mass is 35.5. The van der Waals surface area contributed by atoms with Crippen molar-refractivity contribution >= 4 is 17.3 Å². The van der Waals surface area contributed by atoms with Gasteiger partial charge in [0.25, 0.3) is 0 Å². The second-order valence-corrected chi connectivity index (χ2v) is 3.87. The number of aryl methyl sites for hydroxylation is 1. The van der Waals surface area contributed by atoms with Gasteiger partial charge in [0.15, 0.2) is 5.75 Å². The Morgan fingerprint density at radius 2 is 2.43 bits per heavy atom. The van der Waals surface area contributed by atoms with Gasteiger partial charge in [-0.2, -0.15) is 0 Å². The van der Waals surface area contributed by atoms with Crippen LogP contribution in [0.25, 0.3) is 0 Å². The Bertz CT molecular complexity index is 337. The van der Waals surface area contributed by atoms with Gasteiger partial charge in [-0.25, -0.2) is 4.98 Å². The van der Waals surface area contributed by atoms with Crippen LogP contribution in [0.2, 0.25) is 5.15 Å². The highest BCUT2D eigenvalue weighted by molar-refractivity contribution is 6.29. The summed E-state index contributed by atoms with van der Waals surface area (Å²) in [6.45, 7) is 2.07. The van der Waals surface area contributed by atoms with Crippen LogP contribution >= 0.6 is 11.6 Å². The van der Waals surface area contributed by atoms with Crippen LogP contribution in [-0.4, -0.2) is 18.1 Å². The van der Waals surface area contributed by atoms with Crippen molar-refractivity contribution in [1.82, 2.24) is 4.98 Å². The summed E-state index contributed by atoms with van der Waals surface area (Å²) in [5, 5.41) is 3.59. The molecule has 2 heterocycles. The predicted octanol–water partition coefficient (Wildman–Crippen LogP) is 2.49. The van der Waals surface area contributed by atoms with Gasteiger partial charge in [-0.15, -0.1) is 0 Å². The number of rotatable bonds is 1. The SMILES string of the molecule is CNc1cc(Cl)nc2c1O[C@@H](C)CC2. The summed E-state index contributed by atoms with van der Waals surface area (Å²) in [6, 6.07) is 1.79. The molecule has 0 unspecified atom stereocenters. The zero-order valence-corrected chi connectivity index (χ0v) is 9.06. The molecule has 3 nitrogen and oxygen atoms in total. The first kappa shape index (κ1) is 9.59. The number of anilines is 1. The molecule has 2 rings (SSSR count). The molecule has 1 aliphatic heterocycles. The summed E-state index contributed by atoms with van der Waals surface area (Å²) >= 11 is 5.89. The summed E-state index contributed by atoms with van der Waals surface area (Å²) < 4.78 is 5.73. The lowest BCUT2D eigenvalue weighted by Crippen LogP contribution is -2.20. The largest absolute Gasteiger partial charge is 0.487 e. The average Bonchev–Trinajstić information content (AvgIpc) is 2.17. The Balaban J connectivity index is 2.47. The van der Waals surface area contributed by atoms with Crippen molar-refractivity contribution in [1.29, 1.82) is 0 Å². The van der Waals surface area contributed by atoms with Crippen molar-refractivity contribution in [2.75, 3.05) is 12.4 Å². The normalized spacial score (nSPS) is 19.8. The molecule has 0 radical (unpaired) electrons. The highest BCUT2D eigenvalue weighted by Crippen LogP contribution is 2.35. The number of fused-ring (bicyclic) bond motifs is 1. The van der Waals surface area contributed by atoms with Crippen LogP contribution in [-0.2, 0) is 6.42 Å². The summed E-state index contributed by atoms with van der Waals surface area (Å²) in [7, 11) is 1.86. The van der Waals surface area contributed by atoms with Gasteiger partial charge >= 0.3 is 0 Å². The summed E-state index contributed by atoms with van der Waals surface area (Å²) in [6.07, 6.45) is 2.20. The summed E-state index contributed by atoms with van der Waals surface area (Å²) in [5.41, 5.74) is 1.88. The van der Waals surface area contributed by atoms with Crippen LogP contribution < -0.4 is 10.1 Å². The van der Waals surface area contributed by atoms with E-state index >= 15 is 0 Å². The van der Waals surface area contributed by atoms with Crippen LogP contribution in [0.5, 0.6) is 5.75 Å². The number of nitrogens with one attached hydrogen (secondary N) is 1. The lowest BCUT2D eigenvalue weighted by atomic mass is 10.1. The van der Waals surface area contributed by atoms with Gasteiger partial charge in [-0.3, -0.25) is 0 Å². The maximum absolute atomic E-state index is 5.89. The second-order valence-electron chi connectivity index (χ2n) is 3.49. The van der Waals surface area contributed by atoms with Gasteiger partial charge in [-0.05, 0) is 19.8 Å². The van der Waals surface area contributed by atoms with Crippen molar-refractivity contribution < 1.29 is 4.74 Å². The van der Waals surface area contributed by atoms with Crippen molar-refractivity contribution in [2.24, 2.45) is 0 Å². The topological polar surface area (TPSA) is 34.2 Å². The second kappa shape index (κ2) is 3.65. The van der Waals surface area contributed by atoms with E-state index in [4.69, 9.17) is 16.3 Å². The number of ether oxygens (including phenoxy) is 1. The van der Waals surface area contributed by atoms with E-state index in [-0.39, 0.29) is 6.10 Å². The van der Waals surface area contributed by atoms with Gasteiger partial charge in [0.2, 0.25) is 0 Å².